The standard InChI is InChI=1S/C16H18ClF2N5S/c17-14-10-15(22-16(20)21-14)25-8-7-23-3-5-24(6-4-23)13-2-1-11(18)9-12(13)19/h1-2,9-10H,3-8H2,(H2,20,21,22). The summed E-state index contributed by atoms with van der Waals surface area (Å²) in [7, 11) is 0. The molecule has 1 aliphatic heterocycles. The smallest absolute Gasteiger partial charge is 0.222 e. The fourth-order valence-electron chi connectivity index (χ4n) is 2.72. The van der Waals surface area contributed by atoms with Gasteiger partial charge in [-0.3, -0.25) is 4.90 Å². The van der Waals surface area contributed by atoms with Gasteiger partial charge in [-0.05, 0) is 12.1 Å². The monoisotopic (exact) mass is 385 g/mol. The molecule has 1 fully saturated rings. The van der Waals surface area contributed by atoms with Crippen LogP contribution in [0.5, 0.6) is 0 Å². The molecule has 0 spiro atoms. The first-order chi connectivity index (χ1) is 12.0. The Morgan fingerprint density at radius 2 is 1.88 bits per heavy atom. The van der Waals surface area contributed by atoms with E-state index >= 15 is 0 Å². The van der Waals surface area contributed by atoms with Crippen LogP contribution in [0.1, 0.15) is 0 Å². The van der Waals surface area contributed by atoms with Crippen molar-refractivity contribution < 1.29 is 8.78 Å². The Morgan fingerprint density at radius 1 is 1.12 bits per heavy atom. The van der Waals surface area contributed by atoms with E-state index in [1.807, 2.05) is 4.90 Å². The summed E-state index contributed by atoms with van der Waals surface area (Å²) in [5.74, 6) is -0.0490. The van der Waals surface area contributed by atoms with Crippen molar-refractivity contribution in [2.45, 2.75) is 5.03 Å². The minimum atomic E-state index is -0.553. The quantitative estimate of drug-likeness (QED) is 0.631. The lowest BCUT2D eigenvalue weighted by Crippen LogP contribution is -2.47. The van der Waals surface area contributed by atoms with Gasteiger partial charge >= 0.3 is 0 Å². The minimum absolute atomic E-state index is 0.171. The van der Waals surface area contributed by atoms with E-state index in [1.165, 1.54) is 12.1 Å². The van der Waals surface area contributed by atoms with Crippen molar-refractivity contribution in [3.63, 3.8) is 0 Å². The molecule has 9 heteroatoms. The molecule has 0 bridgehead atoms. The van der Waals surface area contributed by atoms with Crippen LogP contribution in [0.2, 0.25) is 5.15 Å². The largest absolute Gasteiger partial charge is 0.368 e. The predicted octanol–water partition coefficient (Wildman–Crippen LogP) is 2.90. The molecule has 2 N–H and O–H groups in total. The molecule has 1 aromatic heterocycles. The summed E-state index contributed by atoms with van der Waals surface area (Å²) >= 11 is 7.43. The van der Waals surface area contributed by atoms with Crippen LogP contribution in [-0.2, 0) is 0 Å². The summed E-state index contributed by atoms with van der Waals surface area (Å²) in [6.45, 7) is 3.94. The lowest BCUT2D eigenvalue weighted by molar-refractivity contribution is 0.272. The van der Waals surface area contributed by atoms with Crippen molar-refractivity contribution in [3.05, 3.63) is 41.1 Å². The van der Waals surface area contributed by atoms with Crippen molar-refractivity contribution in [1.82, 2.24) is 14.9 Å². The Morgan fingerprint density at radius 3 is 2.56 bits per heavy atom. The van der Waals surface area contributed by atoms with Gasteiger partial charge in [0.1, 0.15) is 21.8 Å². The lowest BCUT2D eigenvalue weighted by Gasteiger charge is -2.36. The van der Waals surface area contributed by atoms with Gasteiger partial charge in [-0.25, -0.2) is 18.7 Å². The average Bonchev–Trinajstić information content (AvgIpc) is 2.55. The van der Waals surface area contributed by atoms with Crippen LogP contribution < -0.4 is 10.6 Å². The van der Waals surface area contributed by atoms with E-state index in [1.54, 1.807) is 17.8 Å². The molecular weight excluding hydrogens is 368 g/mol. The Hall–Kier alpha value is -1.64. The second-order valence-electron chi connectivity index (χ2n) is 5.66. The van der Waals surface area contributed by atoms with E-state index in [2.05, 4.69) is 14.9 Å². The molecule has 2 heterocycles. The molecular formula is C16H18ClF2N5S. The normalized spacial score (nSPS) is 15.6. The summed E-state index contributed by atoms with van der Waals surface area (Å²) in [5.41, 5.74) is 6.04. The summed E-state index contributed by atoms with van der Waals surface area (Å²) in [5, 5.41) is 1.09. The molecule has 2 aromatic rings. The zero-order valence-electron chi connectivity index (χ0n) is 13.5. The number of benzene rings is 1. The molecule has 0 amide bonds. The van der Waals surface area contributed by atoms with Crippen molar-refractivity contribution in [2.75, 3.05) is 49.1 Å². The van der Waals surface area contributed by atoms with Gasteiger partial charge in [0, 0.05) is 50.6 Å². The summed E-state index contributed by atoms with van der Waals surface area (Å²) in [6, 6.07) is 5.41. The highest BCUT2D eigenvalue weighted by atomic mass is 35.5. The summed E-state index contributed by atoms with van der Waals surface area (Å²) < 4.78 is 26.9. The number of anilines is 2. The molecule has 1 aliphatic rings. The maximum Gasteiger partial charge on any atom is 0.222 e. The Kier molecular flexibility index (Phi) is 5.93. The van der Waals surface area contributed by atoms with Crippen LogP contribution in [0.3, 0.4) is 0 Å². The summed E-state index contributed by atoms with van der Waals surface area (Å²) in [4.78, 5) is 12.2. The Labute approximate surface area is 154 Å². The third-order valence-electron chi connectivity index (χ3n) is 3.97. The van der Waals surface area contributed by atoms with Gasteiger partial charge in [-0.15, -0.1) is 11.8 Å². The van der Waals surface area contributed by atoms with Crippen molar-refractivity contribution in [1.29, 1.82) is 0 Å². The number of nitrogens with zero attached hydrogens (tertiary/aromatic N) is 4. The molecule has 0 unspecified atom stereocenters. The van der Waals surface area contributed by atoms with E-state index in [0.717, 1.165) is 36.5 Å². The zero-order chi connectivity index (χ0) is 17.8. The molecule has 1 aromatic carbocycles. The zero-order valence-corrected chi connectivity index (χ0v) is 15.0. The van der Waals surface area contributed by atoms with Crippen LogP contribution in [0, 0.1) is 11.6 Å². The number of thioether (sulfide) groups is 1. The van der Waals surface area contributed by atoms with Gasteiger partial charge in [-0.2, -0.15) is 0 Å². The van der Waals surface area contributed by atoms with Crippen LogP contribution >= 0.6 is 23.4 Å². The molecule has 134 valence electrons. The van der Waals surface area contributed by atoms with Gasteiger partial charge in [0.25, 0.3) is 0 Å². The first-order valence-electron chi connectivity index (χ1n) is 7.86. The number of hydrogen-bond acceptors (Lipinski definition) is 6. The molecule has 3 rings (SSSR count). The van der Waals surface area contributed by atoms with Crippen molar-refractivity contribution >= 4 is 35.0 Å². The fraction of sp³-hybridized carbons (Fsp3) is 0.375. The van der Waals surface area contributed by atoms with Gasteiger partial charge in [-0.1, -0.05) is 11.6 Å². The van der Waals surface area contributed by atoms with Crippen LogP contribution in [0.4, 0.5) is 20.4 Å². The number of halogens is 3. The third-order valence-corrected chi connectivity index (χ3v) is 5.05. The van der Waals surface area contributed by atoms with E-state index in [4.69, 9.17) is 17.3 Å². The second-order valence-corrected chi connectivity index (χ2v) is 7.16. The molecule has 0 atom stereocenters. The van der Waals surface area contributed by atoms with Crippen LogP contribution in [-0.4, -0.2) is 53.3 Å². The number of rotatable bonds is 5. The molecule has 0 radical (unpaired) electrons. The van der Waals surface area contributed by atoms with E-state index in [9.17, 15) is 8.78 Å². The Bertz CT molecular complexity index is 720. The van der Waals surface area contributed by atoms with Gasteiger partial charge in [0.2, 0.25) is 5.95 Å². The molecule has 1 saturated heterocycles. The SMILES string of the molecule is Nc1nc(Cl)cc(SCCN2CCN(c3ccc(F)cc3F)CC2)n1. The van der Waals surface area contributed by atoms with E-state index in [-0.39, 0.29) is 5.95 Å². The highest BCUT2D eigenvalue weighted by Gasteiger charge is 2.19. The molecule has 25 heavy (non-hydrogen) atoms. The van der Waals surface area contributed by atoms with E-state index < -0.39 is 11.6 Å². The lowest BCUT2D eigenvalue weighted by atomic mass is 10.2. The number of hydrogen-bond donors (Lipinski definition) is 1. The molecule has 5 nitrogen and oxygen atoms in total. The molecule has 0 aliphatic carbocycles. The molecule has 0 saturated carbocycles. The maximum absolute atomic E-state index is 13.9. The topological polar surface area (TPSA) is 58.3 Å². The third kappa shape index (κ3) is 4.93. The highest BCUT2D eigenvalue weighted by Crippen LogP contribution is 2.22. The first-order valence-corrected chi connectivity index (χ1v) is 9.23. The number of aromatic nitrogens is 2. The summed E-state index contributed by atoms with van der Waals surface area (Å²) in [6.07, 6.45) is 0. The van der Waals surface area contributed by atoms with Gasteiger partial charge in [0.15, 0.2) is 0 Å². The Balaban J connectivity index is 1.46. The van der Waals surface area contributed by atoms with Crippen molar-refractivity contribution in [3.8, 4) is 0 Å². The second kappa shape index (κ2) is 8.16. The average molecular weight is 386 g/mol. The highest BCUT2D eigenvalue weighted by molar-refractivity contribution is 7.99. The number of nitrogens with two attached hydrogens (primary N) is 1. The van der Waals surface area contributed by atoms with Gasteiger partial charge in [0.05, 0.1) is 5.69 Å². The predicted molar refractivity (Wildman–Crippen MR) is 97.2 cm³/mol. The number of piperazine rings is 1. The minimum Gasteiger partial charge on any atom is -0.368 e. The first kappa shape index (κ1) is 18.2. The van der Waals surface area contributed by atoms with Crippen molar-refractivity contribution in [2.24, 2.45) is 0 Å². The van der Waals surface area contributed by atoms with Crippen LogP contribution in [0.15, 0.2) is 29.3 Å². The maximum atomic E-state index is 13.9. The number of nitrogen functional groups attached to an aromatic ring is 1. The van der Waals surface area contributed by atoms with Gasteiger partial charge < -0.3 is 10.6 Å². The van der Waals surface area contributed by atoms with Crippen LogP contribution in [0.25, 0.3) is 0 Å². The fourth-order valence-corrected chi connectivity index (χ4v) is 3.88. The van der Waals surface area contributed by atoms with E-state index in [0.29, 0.717) is 23.9 Å².